The molecule has 0 radical (unpaired) electrons. The standard InChI is InChI=1S/C15H21NO2/c1-11-8-13(9-12(2)18)10-14-4-6-16(15(11)14)5-3-7-17/h8,10,17H,3-7,9H2,1-2H3. The summed E-state index contributed by atoms with van der Waals surface area (Å²) in [6, 6.07) is 4.29. The molecule has 0 unspecified atom stereocenters. The molecule has 0 bridgehead atoms. The van der Waals surface area contributed by atoms with Crippen LogP contribution in [0.2, 0.25) is 0 Å². The Labute approximate surface area is 108 Å². The number of fused-ring (bicyclic) bond motifs is 1. The van der Waals surface area contributed by atoms with Gasteiger partial charge in [0.1, 0.15) is 5.78 Å². The number of nitrogens with zero attached hydrogens (tertiary/aromatic N) is 1. The zero-order valence-electron chi connectivity index (χ0n) is 11.2. The number of benzene rings is 1. The number of Topliss-reactive ketones (excluding diaryl/α,β-unsaturated/α-hetero) is 1. The first-order chi connectivity index (χ1) is 8.61. The van der Waals surface area contributed by atoms with Crippen LogP contribution >= 0.6 is 0 Å². The van der Waals surface area contributed by atoms with Gasteiger partial charge in [-0.25, -0.2) is 0 Å². The van der Waals surface area contributed by atoms with Crippen molar-refractivity contribution in [2.24, 2.45) is 0 Å². The number of ketones is 1. The van der Waals surface area contributed by atoms with E-state index in [9.17, 15) is 4.79 Å². The SMILES string of the molecule is CC(=O)Cc1cc(C)c2c(c1)CCN2CCCO. The van der Waals surface area contributed by atoms with Crippen LogP contribution in [0.25, 0.3) is 0 Å². The zero-order valence-corrected chi connectivity index (χ0v) is 11.2. The molecular weight excluding hydrogens is 226 g/mol. The molecule has 0 saturated carbocycles. The number of aliphatic hydroxyl groups is 1. The van der Waals surface area contributed by atoms with Crippen LogP contribution in [-0.4, -0.2) is 30.6 Å². The molecule has 0 spiro atoms. The van der Waals surface area contributed by atoms with E-state index in [1.165, 1.54) is 16.8 Å². The number of carbonyl (C=O) groups excluding carboxylic acids is 1. The van der Waals surface area contributed by atoms with E-state index in [0.717, 1.165) is 31.5 Å². The first-order valence-electron chi connectivity index (χ1n) is 6.59. The normalized spacial score (nSPS) is 13.8. The lowest BCUT2D eigenvalue weighted by Gasteiger charge is -2.21. The average Bonchev–Trinajstić information content (AvgIpc) is 2.69. The number of aryl methyl sites for hydroxylation is 1. The van der Waals surface area contributed by atoms with Gasteiger partial charge in [0.05, 0.1) is 0 Å². The monoisotopic (exact) mass is 247 g/mol. The highest BCUT2D eigenvalue weighted by molar-refractivity contribution is 5.79. The highest BCUT2D eigenvalue weighted by atomic mass is 16.3. The lowest BCUT2D eigenvalue weighted by molar-refractivity contribution is -0.116. The van der Waals surface area contributed by atoms with Crippen molar-refractivity contribution in [2.45, 2.75) is 33.1 Å². The number of carbonyl (C=O) groups is 1. The summed E-state index contributed by atoms with van der Waals surface area (Å²) in [4.78, 5) is 13.5. The molecule has 3 heteroatoms. The lowest BCUT2D eigenvalue weighted by atomic mass is 10.0. The van der Waals surface area contributed by atoms with Gasteiger partial charge < -0.3 is 10.0 Å². The number of anilines is 1. The molecule has 0 fully saturated rings. The summed E-state index contributed by atoms with van der Waals surface area (Å²) < 4.78 is 0. The van der Waals surface area contributed by atoms with Crippen molar-refractivity contribution < 1.29 is 9.90 Å². The quantitative estimate of drug-likeness (QED) is 0.863. The van der Waals surface area contributed by atoms with E-state index >= 15 is 0 Å². The van der Waals surface area contributed by atoms with E-state index in [1.807, 2.05) is 0 Å². The predicted octanol–water partition coefficient (Wildman–Crippen LogP) is 1.87. The van der Waals surface area contributed by atoms with Crippen molar-refractivity contribution in [2.75, 3.05) is 24.6 Å². The highest BCUT2D eigenvalue weighted by Crippen LogP contribution is 2.32. The fourth-order valence-electron chi connectivity index (χ4n) is 2.82. The second kappa shape index (κ2) is 5.53. The van der Waals surface area contributed by atoms with Crippen LogP contribution < -0.4 is 4.90 Å². The molecule has 3 nitrogen and oxygen atoms in total. The number of hydrogen-bond donors (Lipinski definition) is 1. The van der Waals surface area contributed by atoms with Crippen LogP contribution in [-0.2, 0) is 17.6 Å². The molecule has 2 rings (SSSR count). The van der Waals surface area contributed by atoms with E-state index in [-0.39, 0.29) is 12.4 Å². The largest absolute Gasteiger partial charge is 0.396 e. The van der Waals surface area contributed by atoms with Crippen molar-refractivity contribution in [3.8, 4) is 0 Å². The fourth-order valence-corrected chi connectivity index (χ4v) is 2.82. The van der Waals surface area contributed by atoms with Crippen molar-refractivity contribution in [3.05, 3.63) is 28.8 Å². The van der Waals surface area contributed by atoms with Crippen molar-refractivity contribution in [1.29, 1.82) is 0 Å². The van der Waals surface area contributed by atoms with Crippen LogP contribution in [0.4, 0.5) is 5.69 Å². The maximum atomic E-state index is 11.2. The molecule has 1 aromatic rings. The Morgan fingerprint density at radius 1 is 1.44 bits per heavy atom. The van der Waals surface area contributed by atoms with Crippen LogP contribution in [0.3, 0.4) is 0 Å². The second-order valence-electron chi connectivity index (χ2n) is 5.11. The maximum absolute atomic E-state index is 11.2. The van der Waals surface area contributed by atoms with Gasteiger partial charge in [-0.2, -0.15) is 0 Å². The maximum Gasteiger partial charge on any atom is 0.134 e. The summed E-state index contributed by atoms with van der Waals surface area (Å²) in [6.07, 6.45) is 2.40. The molecule has 1 aliphatic rings. The summed E-state index contributed by atoms with van der Waals surface area (Å²) in [6.45, 7) is 5.93. The minimum Gasteiger partial charge on any atom is -0.396 e. The third-order valence-electron chi connectivity index (χ3n) is 3.45. The summed E-state index contributed by atoms with van der Waals surface area (Å²) in [7, 11) is 0. The molecular formula is C15H21NO2. The van der Waals surface area contributed by atoms with Gasteiger partial charge in [0.15, 0.2) is 0 Å². The van der Waals surface area contributed by atoms with Gasteiger partial charge in [-0.15, -0.1) is 0 Å². The molecule has 98 valence electrons. The van der Waals surface area contributed by atoms with Gasteiger partial charge in [0.25, 0.3) is 0 Å². The minimum absolute atomic E-state index is 0.212. The van der Waals surface area contributed by atoms with E-state index < -0.39 is 0 Å². The molecule has 1 N–H and O–H groups in total. The third-order valence-corrected chi connectivity index (χ3v) is 3.45. The molecule has 0 amide bonds. The Hall–Kier alpha value is -1.35. The highest BCUT2D eigenvalue weighted by Gasteiger charge is 2.21. The van der Waals surface area contributed by atoms with Gasteiger partial charge in [0.2, 0.25) is 0 Å². The predicted molar refractivity (Wildman–Crippen MR) is 73.2 cm³/mol. The van der Waals surface area contributed by atoms with Crippen LogP contribution in [0.15, 0.2) is 12.1 Å². The van der Waals surface area contributed by atoms with Crippen LogP contribution in [0.5, 0.6) is 0 Å². The Morgan fingerprint density at radius 2 is 2.22 bits per heavy atom. The van der Waals surface area contributed by atoms with Gasteiger partial charge in [-0.05, 0) is 43.4 Å². The summed E-state index contributed by atoms with van der Waals surface area (Å²) in [5.74, 6) is 0.212. The summed E-state index contributed by atoms with van der Waals surface area (Å²) in [5.41, 5.74) is 5.04. The zero-order chi connectivity index (χ0) is 13.1. The third kappa shape index (κ3) is 2.72. The number of hydrogen-bond acceptors (Lipinski definition) is 3. The molecule has 1 heterocycles. The van der Waals surface area contributed by atoms with Gasteiger partial charge in [-0.3, -0.25) is 4.79 Å². The topological polar surface area (TPSA) is 40.5 Å². The molecule has 0 atom stereocenters. The Kier molecular flexibility index (Phi) is 4.02. The van der Waals surface area contributed by atoms with Crippen LogP contribution in [0, 0.1) is 6.92 Å². The van der Waals surface area contributed by atoms with Gasteiger partial charge in [0, 0.05) is 31.8 Å². The summed E-state index contributed by atoms with van der Waals surface area (Å²) >= 11 is 0. The average molecular weight is 247 g/mol. The Balaban J connectivity index is 2.23. The van der Waals surface area contributed by atoms with E-state index in [4.69, 9.17) is 5.11 Å². The molecule has 0 saturated heterocycles. The van der Waals surface area contributed by atoms with E-state index in [2.05, 4.69) is 24.0 Å². The lowest BCUT2D eigenvalue weighted by Crippen LogP contribution is -2.23. The van der Waals surface area contributed by atoms with Gasteiger partial charge >= 0.3 is 0 Å². The van der Waals surface area contributed by atoms with Gasteiger partial charge in [-0.1, -0.05) is 12.1 Å². The minimum atomic E-state index is 0.212. The smallest absolute Gasteiger partial charge is 0.134 e. The van der Waals surface area contributed by atoms with E-state index in [1.54, 1.807) is 6.92 Å². The van der Waals surface area contributed by atoms with Crippen LogP contribution in [0.1, 0.15) is 30.0 Å². The van der Waals surface area contributed by atoms with Crippen molar-refractivity contribution in [1.82, 2.24) is 0 Å². The number of aliphatic hydroxyl groups excluding tert-OH is 1. The Bertz CT molecular complexity index is 454. The second-order valence-corrected chi connectivity index (χ2v) is 5.11. The van der Waals surface area contributed by atoms with E-state index in [0.29, 0.717) is 6.42 Å². The molecule has 1 aliphatic heterocycles. The Morgan fingerprint density at radius 3 is 2.89 bits per heavy atom. The molecule has 0 aliphatic carbocycles. The number of rotatable bonds is 5. The molecule has 1 aromatic carbocycles. The molecule has 0 aromatic heterocycles. The molecule has 18 heavy (non-hydrogen) atoms. The fraction of sp³-hybridized carbons (Fsp3) is 0.533. The first kappa shape index (κ1) is 13.1. The summed E-state index contributed by atoms with van der Waals surface area (Å²) in [5, 5.41) is 8.92. The van der Waals surface area contributed by atoms with Crippen molar-refractivity contribution >= 4 is 11.5 Å². The first-order valence-corrected chi connectivity index (χ1v) is 6.59. The van der Waals surface area contributed by atoms with Crippen molar-refractivity contribution in [3.63, 3.8) is 0 Å².